The first-order chi connectivity index (χ1) is 10.3. The monoisotopic (exact) mass is 362 g/mol. The van der Waals surface area contributed by atoms with Crippen molar-refractivity contribution in [1.29, 1.82) is 0 Å². The molecule has 0 amide bonds. The molecule has 1 saturated heterocycles. The molecular weight excluding hydrogens is 335 g/mol. The van der Waals surface area contributed by atoms with Gasteiger partial charge in [-0.25, -0.2) is 0 Å². The molecule has 23 heavy (non-hydrogen) atoms. The molecular formula is C17H28Cl2N2O2. The van der Waals surface area contributed by atoms with E-state index in [1.807, 2.05) is 19.1 Å². The van der Waals surface area contributed by atoms with Gasteiger partial charge in [0, 0.05) is 32.2 Å². The Balaban J connectivity index is 0.00000242. The van der Waals surface area contributed by atoms with Crippen LogP contribution in [0, 0.1) is 0 Å². The Bertz CT molecular complexity index is 466. The van der Waals surface area contributed by atoms with E-state index in [-0.39, 0.29) is 24.8 Å². The summed E-state index contributed by atoms with van der Waals surface area (Å²) < 4.78 is 11.1. The Kier molecular flexibility index (Phi) is 11.1. The van der Waals surface area contributed by atoms with E-state index in [0.29, 0.717) is 12.6 Å². The molecule has 1 atom stereocenters. The molecule has 0 aromatic heterocycles. The number of halogens is 2. The van der Waals surface area contributed by atoms with Gasteiger partial charge in [0.1, 0.15) is 0 Å². The van der Waals surface area contributed by atoms with Crippen molar-refractivity contribution < 1.29 is 9.47 Å². The number of ether oxygens (including phenoxy) is 2. The Morgan fingerprint density at radius 1 is 1.26 bits per heavy atom. The average Bonchev–Trinajstić information content (AvgIpc) is 2.54. The molecule has 1 fully saturated rings. The fourth-order valence-corrected chi connectivity index (χ4v) is 2.81. The van der Waals surface area contributed by atoms with Crippen LogP contribution < -0.4 is 14.8 Å². The van der Waals surface area contributed by atoms with Crippen LogP contribution in [-0.4, -0.2) is 44.8 Å². The van der Waals surface area contributed by atoms with E-state index in [1.165, 1.54) is 5.56 Å². The van der Waals surface area contributed by atoms with Crippen molar-refractivity contribution in [3.63, 3.8) is 0 Å². The number of hydrogen-bond donors (Lipinski definition) is 1. The minimum absolute atomic E-state index is 0. The third-order valence-corrected chi connectivity index (χ3v) is 3.85. The molecule has 0 aliphatic carbocycles. The average molecular weight is 363 g/mol. The first-order valence-electron chi connectivity index (χ1n) is 7.66. The highest BCUT2D eigenvalue weighted by Gasteiger charge is 2.22. The van der Waals surface area contributed by atoms with Crippen LogP contribution in [0.3, 0.4) is 0 Å². The second-order valence-electron chi connectivity index (χ2n) is 5.17. The normalized spacial score (nSPS) is 15.7. The first kappa shape index (κ1) is 22.1. The number of piperazine rings is 1. The van der Waals surface area contributed by atoms with Crippen LogP contribution in [0.2, 0.25) is 0 Å². The van der Waals surface area contributed by atoms with Crippen molar-refractivity contribution in [3.05, 3.63) is 36.4 Å². The lowest BCUT2D eigenvalue weighted by Gasteiger charge is -2.35. The number of hydrogen-bond acceptors (Lipinski definition) is 4. The van der Waals surface area contributed by atoms with Gasteiger partial charge in [0.25, 0.3) is 0 Å². The van der Waals surface area contributed by atoms with Gasteiger partial charge in [0.2, 0.25) is 0 Å². The minimum atomic E-state index is 0. The molecule has 132 valence electrons. The standard InChI is InChI=1S/C17H26N2O2.2ClH/c1-4-6-15(19-11-9-18-10-12-19)14-7-8-16(21-5-2)17(13-14)20-3;;/h4,7-8,13,15,18H,1,5-6,9-12H2,2-3H3;2*1H/t15-;;/m0../s1. The van der Waals surface area contributed by atoms with E-state index in [4.69, 9.17) is 9.47 Å². The summed E-state index contributed by atoms with van der Waals surface area (Å²) in [6.45, 7) is 10.7. The van der Waals surface area contributed by atoms with E-state index in [1.54, 1.807) is 7.11 Å². The highest BCUT2D eigenvalue weighted by molar-refractivity contribution is 5.85. The molecule has 2 rings (SSSR count). The molecule has 1 aliphatic heterocycles. The second kappa shape index (κ2) is 11.6. The van der Waals surface area contributed by atoms with Crippen LogP contribution in [0.4, 0.5) is 0 Å². The van der Waals surface area contributed by atoms with E-state index >= 15 is 0 Å². The summed E-state index contributed by atoms with van der Waals surface area (Å²) >= 11 is 0. The fourth-order valence-electron chi connectivity index (χ4n) is 2.81. The van der Waals surface area contributed by atoms with Crippen molar-refractivity contribution in [1.82, 2.24) is 10.2 Å². The lowest BCUT2D eigenvalue weighted by molar-refractivity contribution is 0.174. The van der Waals surface area contributed by atoms with Crippen LogP contribution in [0.15, 0.2) is 30.9 Å². The van der Waals surface area contributed by atoms with Crippen LogP contribution in [0.1, 0.15) is 24.9 Å². The predicted molar refractivity (Wildman–Crippen MR) is 101 cm³/mol. The zero-order valence-corrected chi connectivity index (χ0v) is 15.5. The Labute approximate surface area is 152 Å². The van der Waals surface area contributed by atoms with Gasteiger partial charge in [0.15, 0.2) is 11.5 Å². The molecule has 1 aromatic carbocycles. The van der Waals surface area contributed by atoms with Gasteiger partial charge < -0.3 is 14.8 Å². The van der Waals surface area contributed by atoms with Crippen molar-refractivity contribution in [2.75, 3.05) is 39.9 Å². The molecule has 0 spiro atoms. The van der Waals surface area contributed by atoms with E-state index in [9.17, 15) is 0 Å². The topological polar surface area (TPSA) is 33.7 Å². The van der Waals surface area contributed by atoms with Crippen molar-refractivity contribution in [3.8, 4) is 11.5 Å². The molecule has 1 aromatic rings. The third-order valence-electron chi connectivity index (χ3n) is 3.85. The summed E-state index contributed by atoms with van der Waals surface area (Å²) in [4.78, 5) is 2.51. The van der Waals surface area contributed by atoms with Gasteiger partial charge in [-0.2, -0.15) is 0 Å². The summed E-state index contributed by atoms with van der Waals surface area (Å²) in [5, 5.41) is 3.40. The van der Waals surface area contributed by atoms with Gasteiger partial charge in [-0.05, 0) is 31.0 Å². The maximum atomic E-state index is 5.60. The molecule has 4 nitrogen and oxygen atoms in total. The Hall–Kier alpha value is -0.940. The van der Waals surface area contributed by atoms with Gasteiger partial charge in [-0.15, -0.1) is 31.4 Å². The van der Waals surface area contributed by atoms with Gasteiger partial charge in [-0.1, -0.05) is 12.1 Å². The van der Waals surface area contributed by atoms with Gasteiger partial charge in [0.05, 0.1) is 13.7 Å². The summed E-state index contributed by atoms with van der Waals surface area (Å²) in [7, 11) is 1.69. The largest absolute Gasteiger partial charge is 0.493 e. The zero-order chi connectivity index (χ0) is 15.1. The SMILES string of the molecule is C=CC[C@@H](c1ccc(OCC)c(OC)c1)N1CCNCC1.Cl.Cl. The van der Waals surface area contributed by atoms with Gasteiger partial charge >= 0.3 is 0 Å². The van der Waals surface area contributed by atoms with Crippen LogP contribution in [0.5, 0.6) is 11.5 Å². The molecule has 1 aliphatic rings. The highest BCUT2D eigenvalue weighted by atomic mass is 35.5. The van der Waals surface area contributed by atoms with Crippen LogP contribution in [0.25, 0.3) is 0 Å². The summed E-state index contributed by atoms with van der Waals surface area (Å²) in [6.07, 6.45) is 2.94. The summed E-state index contributed by atoms with van der Waals surface area (Å²) in [5.74, 6) is 1.61. The number of methoxy groups -OCH3 is 1. The Morgan fingerprint density at radius 2 is 1.96 bits per heavy atom. The van der Waals surface area contributed by atoms with Crippen molar-refractivity contribution in [2.45, 2.75) is 19.4 Å². The molecule has 0 unspecified atom stereocenters. The summed E-state index contributed by atoms with van der Waals surface area (Å²) in [5.41, 5.74) is 1.26. The lowest BCUT2D eigenvalue weighted by Crippen LogP contribution is -2.45. The molecule has 1 heterocycles. The maximum Gasteiger partial charge on any atom is 0.161 e. The van der Waals surface area contributed by atoms with Crippen LogP contribution >= 0.6 is 24.8 Å². The molecule has 0 bridgehead atoms. The Morgan fingerprint density at radius 3 is 2.52 bits per heavy atom. The number of nitrogens with zero attached hydrogens (tertiary/aromatic N) is 1. The fraction of sp³-hybridized carbons (Fsp3) is 0.529. The number of benzene rings is 1. The molecule has 0 radical (unpaired) electrons. The summed E-state index contributed by atoms with van der Waals surface area (Å²) in [6, 6.07) is 6.61. The zero-order valence-electron chi connectivity index (χ0n) is 13.9. The quantitative estimate of drug-likeness (QED) is 0.753. The lowest BCUT2D eigenvalue weighted by atomic mass is 10.0. The van der Waals surface area contributed by atoms with Gasteiger partial charge in [-0.3, -0.25) is 4.90 Å². The molecule has 0 saturated carbocycles. The molecule has 1 N–H and O–H groups in total. The first-order valence-corrected chi connectivity index (χ1v) is 7.66. The van der Waals surface area contributed by atoms with Crippen molar-refractivity contribution >= 4 is 24.8 Å². The van der Waals surface area contributed by atoms with E-state index in [0.717, 1.165) is 44.1 Å². The smallest absolute Gasteiger partial charge is 0.161 e. The number of nitrogens with one attached hydrogen (secondary N) is 1. The highest BCUT2D eigenvalue weighted by Crippen LogP contribution is 2.33. The maximum absolute atomic E-state index is 5.60. The number of rotatable bonds is 7. The van der Waals surface area contributed by atoms with E-state index < -0.39 is 0 Å². The second-order valence-corrected chi connectivity index (χ2v) is 5.17. The minimum Gasteiger partial charge on any atom is -0.493 e. The molecule has 6 heteroatoms. The van der Waals surface area contributed by atoms with E-state index in [2.05, 4.69) is 28.9 Å². The van der Waals surface area contributed by atoms with Crippen LogP contribution in [-0.2, 0) is 0 Å². The van der Waals surface area contributed by atoms with Crippen molar-refractivity contribution in [2.24, 2.45) is 0 Å². The third kappa shape index (κ3) is 5.88. The predicted octanol–water partition coefficient (Wildman–Crippen LogP) is 3.46.